The molecule has 0 saturated carbocycles. The van der Waals surface area contributed by atoms with E-state index in [9.17, 15) is 4.79 Å². The van der Waals surface area contributed by atoms with E-state index in [0.29, 0.717) is 49.4 Å². The van der Waals surface area contributed by atoms with Crippen LogP contribution in [0.15, 0.2) is 9.05 Å². The summed E-state index contributed by atoms with van der Waals surface area (Å²) in [7, 11) is 0. The second kappa shape index (κ2) is 7.73. The van der Waals surface area contributed by atoms with Gasteiger partial charge in [-0.3, -0.25) is 4.79 Å². The molecule has 0 bridgehead atoms. The number of amides is 1. The lowest BCUT2D eigenvalue weighted by Crippen LogP contribution is -2.31. The number of hydrogen-bond donors (Lipinski definition) is 0. The Labute approximate surface area is 145 Å². The van der Waals surface area contributed by atoms with Crippen LogP contribution < -0.4 is 0 Å². The fourth-order valence-electron chi connectivity index (χ4n) is 3.00. The van der Waals surface area contributed by atoms with Crippen LogP contribution in [0.2, 0.25) is 0 Å². The van der Waals surface area contributed by atoms with Gasteiger partial charge in [-0.15, -0.1) is 0 Å². The van der Waals surface area contributed by atoms with Gasteiger partial charge in [-0.05, 0) is 26.7 Å². The minimum absolute atomic E-state index is 0.0301. The summed E-state index contributed by atoms with van der Waals surface area (Å²) in [5.74, 6) is 2.07. The molecule has 2 aromatic rings. The lowest BCUT2D eigenvalue weighted by molar-refractivity contribution is -0.132. The summed E-state index contributed by atoms with van der Waals surface area (Å²) in [6.45, 7) is 6.80. The molecule has 1 fully saturated rings. The molecule has 1 aliphatic heterocycles. The topological polar surface area (TPSA) is 107 Å². The van der Waals surface area contributed by atoms with Gasteiger partial charge in [0.15, 0.2) is 11.6 Å². The Morgan fingerprint density at radius 2 is 2.20 bits per heavy atom. The minimum atomic E-state index is -0.220. The predicted molar refractivity (Wildman–Crippen MR) is 85.4 cm³/mol. The SMILES string of the molecule is CCO[C@@H](C)c1noc(CCC(=O)N2CCC[C@H]2c2noc(C)n2)n1. The van der Waals surface area contributed by atoms with Crippen LogP contribution in [-0.2, 0) is 16.0 Å². The minimum Gasteiger partial charge on any atom is -0.371 e. The highest BCUT2D eigenvalue weighted by molar-refractivity contribution is 5.77. The molecule has 0 aliphatic carbocycles. The summed E-state index contributed by atoms with van der Waals surface area (Å²) in [6.07, 6.45) is 2.27. The third kappa shape index (κ3) is 4.04. The summed E-state index contributed by atoms with van der Waals surface area (Å²) in [6, 6.07) is -0.110. The van der Waals surface area contributed by atoms with E-state index in [4.69, 9.17) is 13.8 Å². The van der Waals surface area contributed by atoms with E-state index < -0.39 is 0 Å². The first-order valence-corrected chi connectivity index (χ1v) is 8.62. The second-order valence-corrected chi connectivity index (χ2v) is 6.06. The Bertz CT molecular complexity index is 713. The van der Waals surface area contributed by atoms with Crippen LogP contribution in [0.1, 0.15) is 68.7 Å². The van der Waals surface area contributed by atoms with Gasteiger partial charge < -0.3 is 18.7 Å². The Balaban J connectivity index is 1.57. The zero-order valence-electron chi connectivity index (χ0n) is 14.8. The van der Waals surface area contributed by atoms with Crippen molar-refractivity contribution in [1.82, 2.24) is 25.2 Å². The standard InChI is InChI=1S/C16H23N5O4/c1-4-23-10(2)15-18-13(25-19-15)7-8-14(22)21-9-5-6-12(21)16-17-11(3)24-20-16/h10,12H,4-9H2,1-3H3/t10-,12-/m0/s1. The van der Waals surface area contributed by atoms with E-state index in [-0.39, 0.29) is 18.1 Å². The van der Waals surface area contributed by atoms with E-state index in [1.807, 2.05) is 18.7 Å². The monoisotopic (exact) mass is 349 g/mol. The van der Waals surface area contributed by atoms with Crippen LogP contribution in [0.4, 0.5) is 0 Å². The molecule has 0 radical (unpaired) electrons. The van der Waals surface area contributed by atoms with E-state index in [2.05, 4.69) is 20.3 Å². The van der Waals surface area contributed by atoms with E-state index in [1.165, 1.54) is 0 Å². The number of aryl methyl sites for hydroxylation is 2. The molecule has 0 N–H and O–H groups in total. The highest BCUT2D eigenvalue weighted by Crippen LogP contribution is 2.30. The Morgan fingerprint density at radius 1 is 1.36 bits per heavy atom. The van der Waals surface area contributed by atoms with Gasteiger partial charge in [-0.1, -0.05) is 10.3 Å². The van der Waals surface area contributed by atoms with Gasteiger partial charge >= 0.3 is 0 Å². The molecule has 1 amide bonds. The van der Waals surface area contributed by atoms with E-state index in [0.717, 1.165) is 12.8 Å². The van der Waals surface area contributed by atoms with Crippen molar-refractivity contribution >= 4 is 5.91 Å². The number of carbonyl (C=O) groups excluding carboxylic acids is 1. The molecule has 3 heterocycles. The summed E-state index contributed by atoms with van der Waals surface area (Å²) in [5.41, 5.74) is 0. The molecule has 136 valence electrons. The first-order chi connectivity index (χ1) is 12.1. The Kier molecular flexibility index (Phi) is 5.42. The molecule has 9 heteroatoms. The maximum atomic E-state index is 12.6. The first-order valence-electron chi connectivity index (χ1n) is 8.62. The van der Waals surface area contributed by atoms with Crippen molar-refractivity contribution in [3.05, 3.63) is 23.4 Å². The number of rotatable bonds is 7. The van der Waals surface area contributed by atoms with E-state index in [1.54, 1.807) is 6.92 Å². The van der Waals surface area contributed by atoms with Gasteiger partial charge in [0.25, 0.3) is 0 Å². The van der Waals surface area contributed by atoms with Crippen LogP contribution in [-0.4, -0.2) is 44.2 Å². The smallest absolute Gasteiger partial charge is 0.227 e. The molecule has 2 aromatic heterocycles. The number of hydrogen-bond acceptors (Lipinski definition) is 8. The van der Waals surface area contributed by atoms with Crippen LogP contribution in [0.25, 0.3) is 0 Å². The van der Waals surface area contributed by atoms with Gasteiger partial charge in [0.1, 0.15) is 6.10 Å². The molecule has 0 spiro atoms. The average Bonchev–Trinajstić information content (AvgIpc) is 3.32. The third-order valence-corrected chi connectivity index (χ3v) is 4.23. The molecule has 3 rings (SSSR count). The molecule has 0 unspecified atom stereocenters. The third-order valence-electron chi connectivity index (χ3n) is 4.23. The normalized spacial score (nSPS) is 18.7. The van der Waals surface area contributed by atoms with Gasteiger partial charge in [-0.25, -0.2) is 0 Å². The molecular formula is C16H23N5O4. The molecule has 2 atom stereocenters. The zero-order chi connectivity index (χ0) is 17.8. The van der Waals surface area contributed by atoms with Crippen LogP contribution in [0.5, 0.6) is 0 Å². The lowest BCUT2D eigenvalue weighted by Gasteiger charge is -2.21. The van der Waals surface area contributed by atoms with Gasteiger partial charge in [0, 0.05) is 32.9 Å². The Morgan fingerprint density at radius 3 is 2.92 bits per heavy atom. The lowest BCUT2D eigenvalue weighted by atomic mass is 10.2. The zero-order valence-corrected chi connectivity index (χ0v) is 14.8. The first kappa shape index (κ1) is 17.5. The summed E-state index contributed by atoms with van der Waals surface area (Å²) in [5, 5.41) is 7.86. The number of ether oxygens (including phenoxy) is 1. The van der Waals surface area contributed by atoms with Gasteiger partial charge in [-0.2, -0.15) is 9.97 Å². The highest BCUT2D eigenvalue weighted by Gasteiger charge is 2.33. The van der Waals surface area contributed by atoms with Crippen molar-refractivity contribution < 1.29 is 18.6 Å². The molecule has 1 aliphatic rings. The molecular weight excluding hydrogens is 326 g/mol. The number of likely N-dealkylation sites (tertiary alicyclic amines) is 1. The summed E-state index contributed by atoms with van der Waals surface area (Å²) < 4.78 is 15.7. The summed E-state index contributed by atoms with van der Waals surface area (Å²) >= 11 is 0. The van der Waals surface area contributed by atoms with Crippen molar-refractivity contribution in [2.75, 3.05) is 13.2 Å². The Hall–Kier alpha value is -2.29. The van der Waals surface area contributed by atoms with Crippen LogP contribution in [0.3, 0.4) is 0 Å². The molecule has 0 aromatic carbocycles. The number of aromatic nitrogens is 4. The average molecular weight is 349 g/mol. The van der Waals surface area contributed by atoms with Gasteiger partial charge in [0.2, 0.25) is 17.7 Å². The largest absolute Gasteiger partial charge is 0.371 e. The van der Waals surface area contributed by atoms with Crippen molar-refractivity contribution in [1.29, 1.82) is 0 Å². The fourth-order valence-corrected chi connectivity index (χ4v) is 3.00. The quantitative estimate of drug-likeness (QED) is 0.748. The number of nitrogens with zero attached hydrogens (tertiary/aromatic N) is 5. The molecule has 1 saturated heterocycles. The summed E-state index contributed by atoms with van der Waals surface area (Å²) in [4.78, 5) is 22.9. The maximum absolute atomic E-state index is 12.6. The van der Waals surface area contributed by atoms with E-state index >= 15 is 0 Å². The van der Waals surface area contributed by atoms with Crippen LogP contribution >= 0.6 is 0 Å². The molecule has 25 heavy (non-hydrogen) atoms. The van der Waals surface area contributed by atoms with Crippen molar-refractivity contribution in [3.8, 4) is 0 Å². The van der Waals surface area contributed by atoms with Crippen LogP contribution in [0, 0.1) is 6.92 Å². The fraction of sp³-hybridized carbons (Fsp3) is 0.688. The predicted octanol–water partition coefficient (Wildman–Crippen LogP) is 2.15. The molecule has 9 nitrogen and oxygen atoms in total. The second-order valence-electron chi connectivity index (χ2n) is 6.06. The van der Waals surface area contributed by atoms with Gasteiger partial charge in [0.05, 0.1) is 6.04 Å². The van der Waals surface area contributed by atoms with Crippen molar-refractivity contribution in [2.45, 2.75) is 58.6 Å². The highest BCUT2D eigenvalue weighted by atomic mass is 16.5. The van der Waals surface area contributed by atoms with Crippen molar-refractivity contribution in [3.63, 3.8) is 0 Å². The van der Waals surface area contributed by atoms with Crippen molar-refractivity contribution in [2.24, 2.45) is 0 Å². The number of carbonyl (C=O) groups is 1. The maximum Gasteiger partial charge on any atom is 0.227 e.